The minimum Gasteiger partial charge on any atom is -0.332 e. The third-order valence-corrected chi connectivity index (χ3v) is 2.64. The second-order valence-corrected chi connectivity index (χ2v) is 4.87. The highest BCUT2D eigenvalue weighted by Gasteiger charge is 2.31. The first-order valence-corrected chi connectivity index (χ1v) is 6.08. The van der Waals surface area contributed by atoms with Crippen molar-refractivity contribution in [3.05, 3.63) is 52.6 Å². The quantitative estimate of drug-likeness (QED) is 0.457. The second kappa shape index (κ2) is 6.27. The fourth-order valence-electron chi connectivity index (χ4n) is 1.74. The average molecular weight is 280 g/mol. The molecule has 0 unspecified atom stereocenters. The molecule has 0 aliphatic heterocycles. The molecule has 0 atom stereocenters. The third-order valence-electron chi connectivity index (χ3n) is 2.64. The molecular formula is C14H17FN2O3. The highest BCUT2D eigenvalue weighted by molar-refractivity contribution is 5.84. The van der Waals surface area contributed by atoms with Gasteiger partial charge in [-0.25, -0.2) is 4.39 Å². The van der Waals surface area contributed by atoms with Crippen LogP contribution in [0.3, 0.4) is 0 Å². The molecule has 0 aliphatic carbocycles. The minimum atomic E-state index is -2.00. The Bertz CT molecular complexity index is 523. The fourth-order valence-corrected chi connectivity index (χ4v) is 1.74. The Hall–Kier alpha value is -2.24. The van der Waals surface area contributed by atoms with Gasteiger partial charge in [0, 0.05) is 25.2 Å². The van der Waals surface area contributed by atoms with Crippen molar-refractivity contribution in [1.29, 1.82) is 0 Å². The number of benzene rings is 1. The number of nitro groups is 1. The molecule has 0 heterocycles. The van der Waals surface area contributed by atoms with E-state index < -0.39 is 16.5 Å². The maximum atomic E-state index is 13.7. The smallest absolute Gasteiger partial charge is 0.269 e. The molecular weight excluding hydrogens is 263 g/mol. The van der Waals surface area contributed by atoms with Crippen LogP contribution in [0.5, 0.6) is 0 Å². The topological polar surface area (TPSA) is 63.4 Å². The molecule has 0 spiro atoms. The van der Waals surface area contributed by atoms with Crippen molar-refractivity contribution in [2.75, 3.05) is 6.54 Å². The number of hydrogen-bond acceptors (Lipinski definition) is 3. The van der Waals surface area contributed by atoms with Crippen molar-refractivity contribution in [1.82, 2.24) is 4.90 Å². The van der Waals surface area contributed by atoms with Crippen LogP contribution in [0.15, 0.2) is 36.9 Å². The monoisotopic (exact) mass is 280 g/mol. The van der Waals surface area contributed by atoms with Crippen LogP contribution in [-0.2, 0) is 11.3 Å². The number of hydrogen-bond donors (Lipinski definition) is 0. The molecule has 0 radical (unpaired) electrons. The highest BCUT2D eigenvalue weighted by Crippen LogP contribution is 2.18. The Kier molecular flexibility index (Phi) is 4.96. The zero-order chi connectivity index (χ0) is 15.3. The van der Waals surface area contributed by atoms with E-state index in [9.17, 15) is 19.3 Å². The van der Waals surface area contributed by atoms with Crippen LogP contribution in [-0.4, -0.2) is 27.9 Å². The zero-order valence-electron chi connectivity index (χ0n) is 11.5. The number of amides is 1. The lowest BCUT2D eigenvalue weighted by Gasteiger charge is -2.26. The van der Waals surface area contributed by atoms with E-state index >= 15 is 0 Å². The summed E-state index contributed by atoms with van der Waals surface area (Å²) in [7, 11) is 0. The van der Waals surface area contributed by atoms with Gasteiger partial charge in [0.1, 0.15) is 0 Å². The van der Waals surface area contributed by atoms with Crippen LogP contribution in [0.25, 0.3) is 0 Å². The van der Waals surface area contributed by atoms with Gasteiger partial charge in [-0.3, -0.25) is 14.9 Å². The van der Waals surface area contributed by atoms with Gasteiger partial charge < -0.3 is 4.90 Å². The number of nitro benzene ring substituents is 1. The Balaban J connectivity index is 2.96. The summed E-state index contributed by atoms with van der Waals surface area (Å²) >= 11 is 0. The molecule has 6 heteroatoms. The van der Waals surface area contributed by atoms with Crippen LogP contribution in [0.2, 0.25) is 0 Å². The van der Waals surface area contributed by atoms with Gasteiger partial charge in [-0.15, -0.1) is 6.58 Å². The van der Waals surface area contributed by atoms with Crippen LogP contribution in [0, 0.1) is 10.1 Å². The summed E-state index contributed by atoms with van der Waals surface area (Å²) in [4.78, 5) is 23.4. The predicted molar refractivity (Wildman–Crippen MR) is 73.9 cm³/mol. The standard InChI is InChI=1S/C14H17FN2O3/c1-4-8-16(13(18)14(2,3)15)10-11-6-5-7-12(9-11)17(19)20/h4-7,9H,1,8,10H2,2-3H3. The van der Waals surface area contributed by atoms with Gasteiger partial charge in [0.25, 0.3) is 11.6 Å². The van der Waals surface area contributed by atoms with Gasteiger partial charge in [-0.05, 0) is 19.4 Å². The fraction of sp³-hybridized carbons (Fsp3) is 0.357. The first-order chi connectivity index (χ1) is 9.25. The van der Waals surface area contributed by atoms with Crippen molar-refractivity contribution in [3.63, 3.8) is 0 Å². The molecule has 20 heavy (non-hydrogen) atoms. The largest absolute Gasteiger partial charge is 0.332 e. The van der Waals surface area contributed by atoms with E-state index in [4.69, 9.17) is 0 Å². The van der Waals surface area contributed by atoms with Gasteiger partial charge in [0.2, 0.25) is 0 Å². The van der Waals surface area contributed by atoms with Gasteiger partial charge >= 0.3 is 0 Å². The molecule has 0 bridgehead atoms. The lowest BCUT2D eigenvalue weighted by molar-refractivity contribution is -0.384. The molecule has 5 nitrogen and oxygen atoms in total. The number of carbonyl (C=O) groups is 1. The van der Waals surface area contributed by atoms with Gasteiger partial charge in [0.05, 0.1) is 4.92 Å². The lowest BCUT2D eigenvalue weighted by atomic mass is 10.1. The SMILES string of the molecule is C=CCN(Cc1cccc([N+](=O)[O-])c1)C(=O)C(C)(C)F. The van der Waals surface area contributed by atoms with Gasteiger partial charge in [0.15, 0.2) is 5.67 Å². The number of rotatable bonds is 6. The first kappa shape index (κ1) is 15.8. The normalized spacial score (nSPS) is 10.9. The van der Waals surface area contributed by atoms with E-state index in [0.717, 1.165) is 0 Å². The zero-order valence-corrected chi connectivity index (χ0v) is 11.5. The Morgan fingerprint density at radius 1 is 1.55 bits per heavy atom. The van der Waals surface area contributed by atoms with Crippen molar-refractivity contribution < 1.29 is 14.1 Å². The number of halogens is 1. The maximum absolute atomic E-state index is 13.7. The van der Waals surface area contributed by atoms with E-state index in [0.29, 0.717) is 5.56 Å². The molecule has 1 aromatic carbocycles. The van der Waals surface area contributed by atoms with E-state index in [-0.39, 0.29) is 18.8 Å². The predicted octanol–water partition coefficient (Wildman–Crippen LogP) is 2.86. The van der Waals surface area contributed by atoms with Crippen LogP contribution in [0.4, 0.5) is 10.1 Å². The molecule has 0 aromatic heterocycles. The van der Waals surface area contributed by atoms with Crippen LogP contribution in [0.1, 0.15) is 19.4 Å². The molecule has 1 rings (SSSR count). The van der Waals surface area contributed by atoms with Crippen LogP contribution < -0.4 is 0 Å². The number of nitrogens with zero attached hydrogens (tertiary/aromatic N) is 2. The molecule has 1 aromatic rings. The van der Waals surface area contributed by atoms with Crippen molar-refractivity contribution in [2.45, 2.75) is 26.1 Å². The molecule has 0 fully saturated rings. The maximum Gasteiger partial charge on any atom is 0.269 e. The second-order valence-electron chi connectivity index (χ2n) is 4.87. The third kappa shape index (κ3) is 4.15. The van der Waals surface area contributed by atoms with E-state index in [1.807, 2.05) is 0 Å². The van der Waals surface area contributed by atoms with E-state index in [2.05, 4.69) is 6.58 Å². The first-order valence-electron chi connectivity index (χ1n) is 6.08. The van der Waals surface area contributed by atoms with Crippen molar-refractivity contribution >= 4 is 11.6 Å². The lowest BCUT2D eigenvalue weighted by Crippen LogP contribution is -2.42. The van der Waals surface area contributed by atoms with E-state index in [1.165, 1.54) is 43.0 Å². The van der Waals surface area contributed by atoms with Crippen molar-refractivity contribution in [3.8, 4) is 0 Å². The summed E-state index contributed by atoms with van der Waals surface area (Å²) in [6.45, 7) is 6.16. The Morgan fingerprint density at radius 3 is 2.70 bits per heavy atom. The Labute approximate surface area is 116 Å². The highest BCUT2D eigenvalue weighted by atomic mass is 19.1. The molecule has 0 N–H and O–H groups in total. The number of carbonyl (C=O) groups excluding carboxylic acids is 1. The summed E-state index contributed by atoms with van der Waals surface area (Å²) < 4.78 is 13.7. The summed E-state index contributed by atoms with van der Waals surface area (Å²) in [5, 5.41) is 10.7. The Morgan fingerprint density at radius 2 is 2.20 bits per heavy atom. The molecule has 0 aliphatic rings. The number of non-ortho nitro benzene ring substituents is 1. The summed E-state index contributed by atoms with van der Waals surface area (Å²) in [6.07, 6.45) is 1.49. The summed E-state index contributed by atoms with van der Waals surface area (Å²) in [5.74, 6) is -0.677. The molecule has 0 saturated carbocycles. The van der Waals surface area contributed by atoms with E-state index in [1.54, 1.807) is 6.07 Å². The van der Waals surface area contributed by atoms with Gasteiger partial charge in [-0.2, -0.15) is 0 Å². The number of alkyl halides is 1. The average Bonchev–Trinajstić information content (AvgIpc) is 2.36. The minimum absolute atomic E-state index is 0.0620. The van der Waals surface area contributed by atoms with Gasteiger partial charge in [-0.1, -0.05) is 18.2 Å². The summed E-state index contributed by atoms with van der Waals surface area (Å²) in [6, 6.07) is 5.92. The van der Waals surface area contributed by atoms with Crippen molar-refractivity contribution in [2.24, 2.45) is 0 Å². The molecule has 108 valence electrons. The molecule has 0 saturated heterocycles. The van der Waals surface area contributed by atoms with Crippen LogP contribution >= 0.6 is 0 Å². The summed E-state index contributed by atoms with van der Waals surface area (Å²) in [5.41, 5.74) is -1.49. The molecule has 1 amide bonds.